The lowest BCUT2D eigenvalue weighted by Gasteiger charge is -2.27. The van der Waals surface area contributed by atoms with E-state index in [4.69, 9.17) is 15.2 Å². The van der Waals surface area contributed by atoms with Crippen LogP contribution in [0.25, 0.3) is 22.5 Å². The molecule has 5 heterocycles. The number of benzene rings is 1. The molecule has 0 radical (unpaired) electrons. The SMILES string of the molecule is CN1CCC(O)(c2cc(-c3cccc(-c4ccnc(N5CCn6nc(N)cc6C5)n4)c3)no2)C1=O. The second kappa shape index (κ2) is 7.91. The first-order valence-corrected chi connectivity index (χ1v) is 11.4. The van der Waals surface area contributed by atoms with Gasteiger partial charge in [-0.25, -0.2) is 9.97 Å². The number of amides is 1. The summed E-state index contributed by atoms with van der Waals surface area (Å²) in [6.45, 7) is 2.54. The molecular weight excluding hydrogens is 448 g/mol. The van der Waals surface area contributed by atoms with E-state index in [1.165, 1.54) is 4.90 Å². The number of hydrogen-bond acceptors (Lipinski definition) is 9. The summed E-state index contributed by atoms with van der Waals surface area (Å²) in [5.41, 5.74) is 8.17. The molecule has 178 valence electrons. The Kier molecular flexibility index (Phi) is 4.81. The number of aliphatic hydroxyl groups is 1. The van der Waals surface area contributed by atoms with Crippen LogP contribution in [0.4, 0.5) is 11.8 Å². The van der Waals surface area contributed by atoms with Crippen molar-refractivity contribution in [2.24, 2.45) is 0 Å². The minimum absolute atomic E-state index is 0.154. The third kappa shape index (κ3) is 3.60. The summed E-state index contributed by atoms with van der Waals surface area (Å²) < 4.78 is 7.32. The largest absolute Gasteiger partial charge is 0.382 e. The number of carbonyl (C=O) groups excluding carboxylic acids is 1. The molecular formula is C24H24N8O3. The molecule has 2 aliphatic rings. The Balaban J connectivity index is 1.27. The predicted molar refractivity (Wildman–Crippen MR) is 127 cm³/mol. The topological polar surface area (TPSA) is 139 Å². The molecule has 11 heteroatoms. The third-order valence-electron chi connectivity index (χ3n) is 6.62. The number of rotatable bonds is 4. The molecule has 1 unspecified atom stereocenters. The van der Waals surface area contributed by atoms with E-state index in [1.54, 1.807) is 19.3 Å². The molecule has 3 N–H and O–H groups in total. The van der Waals surface area contributed by atoms with Gasteiger partial charge in [-0.3, -0.25) is 9.48 Å². The highest BCUT2D eigenvalue weighted by Crippen LogP contribution is 2.35. The lowest BCUT2D eigenvalue weighted by molar-refractivity contribution is -0.144. The molecule has 0 bridgehead atoms. The molecule has 1 fully saturated rings. The zero-order valence-corrected chi connectivity index (χ0v) is 19.1. The molecule has 0 aliphatic carbocycles. The molecule has 11 nitrogen and oxygen atoms in total. The van der Waals surface area contributed by atoms with Crippen LogP contribution in [-0.4, -0.2) is 61.0 Å². The number of carbonyl (C=O) groups is 1. The Labute approximate surface area is 200 Å². The highest BCUT2D eigenvalue weighted by molar-refractivity contribution is 5.87. The Bertz CT molecular complexity index is 1430. The van der Waals surface area contributed by atoms with Gasteiger partial charge in [0.2, 0.25) is 11.5 Å². The van der Waals surface area contributed by atoms with Gasteiger partial charge >= 0.3 is 0 Å². The van der Waals surface area contributed by atoms with Crippen molar-refractivity contribution in [3.8, 4) is 22.5 Å². The van der Waals surface area contributed by atoms with Gasteiger partial charge in [0.1, 0.15) is 11.5 Å². The van der Waals surface area contributed by atoms with Crippen LogP contribution in [0, 0.1) is 0 Å². The van der Waals surface area contributed by atoms with Crippen molar-refractivity contribution in [3.63, 3.8) is 0 Å². The van der Waals surface area contributed by atoms with Crippen LogP contribution in [0.5, 0.6) is 0 Å². The fourth-order valence-corrected chi connectivity index (χ4v) is 4.65. The fourth-order valence-electron chi connectivity index (χ4n) is 4.65. The summed E-state index contributed by atoms with van der Waals surface area (Å²) in [6.07, 6.45) is 2.02. The number of nitrogens with two attached hydrogens (primary N) is 1. The molecule has 2 aliphatic heterocycles. The smallest absolute Gasteiger partial charge is 0.262 e. The average molecular weight is 473 g/mol. The van der Waals surface area contributed by atoms with Gasteiger partial charge in [-0.2, -0.15) is 5.10 Å². The first kappa shape index (κ1) is 21.3. The number of nitrogens with zero attached hydrogens (tertiary/aromatic N) is 7. The van der Waals surface area contributed by atoms with E-state index in [2.05, 4.69) is 20.1 Å². The zero-order valence-electron chi connectivity index (χ0n) is 19.1. The number of aromatic nitrogens is 5. The second-order valence-corrected chi connectivity index (χ2v) is 8.94. The molecule has 1 aromatic carbocycles. The summed E-state index contributed by atoms with van der Waals surface area (Å²) in [6, 6.07) is 13.1. The summed E-state index contributed by atoms with van der Waals surface area (Å²) in [4.78, 5) is 25.3. The fraction of sp³-hybridized carbons (Fsp3) is 0.292. The van der Waals surface area contributed by atoms with Crippen molar-refractivity contribution < 1.29 is 14.4 Å². The Morgan fingerprint density at radius 1 is 1.09 bits per heavy atom. The monoisotopic (exact) mass is 472 g/mol. The molecule has 1 atom stereocenters. The highest BCUT2D eigenvalue weighted by Gasteiger charge is 2.48. The van der Waals surface area contributed by atoms with Crippen molar-refractivity contribution in [3.05, 3.63) is 60.1 Å². The summed E-state index contributed by atoms with van der Waals surface area (Å²) in [5, 5.41) is 19.3. The molecule has 0 spiro atoms. The first-order valence-electron chi connectivity index (χ1n) is 11.4. The van der Waals surface area contributed by atoms with Crippen LogP contribution in [0.3, 0.4) is 0 Å². The third-order valence-corrected chi connectivity index (χ3v) is 6.62. The van der Waals surface area contributed by atoms with E-state index in [-0.39, 0.29) is 18.1 Å². The average Bonchev–Trinajstić information content (AvgIpc) is 3.58. The van der Waals surface area contributed by atoms with E-state index in [1.807, 2.05) is 41.1 Å². The van der Waals surface area contributed by atoms with Gasteiger partial charge in [0.05, 0.1) is 24.5 Å². The highest BCUT2D eigenvalue weighted by atomic mass is 16.5. The van der Waals surface area contributed by atoms with Gasteiger partial charge in [-0.05, 0) is 12.1 Å². The van der Waals surface area contributed by atoms with E-state index in [0.29, 0.717) is 30.5 Å². The lowest BCUT2D eigenvalue weighted by Crippen LogP contribution is -2.35. The maximum Gasteiger partial charge on any atom is 0.262 e. The predicted octanol–water partition coefficient (Wildman–Crippen LogP) is 1.65. The van der Waals surface area contributed by atoms with Crippen molar-refractivity contribution >= 4 is 17.7 Å². The Morgan fingerprint density at radius 3 is 2.71 bits per heavy atom. The Hall–Kier alpha value is -4.25. The zero-order chi connectivity index (χ0) is 24.2. The summed E-state index contributed by atoms with van der Waals surface area (Å²) in [7, 11) is 1.66. The molecule has 3 aromatic heterocycles. The number of anilines is 2. The van der Waals surface area contributed by atoms with Crippen LogP contribution in [-0.2, 0) is 23.5 Å². The summed E-state index contributed by atoms with van der Waals surface area (Å²) >= 11 is 0. The molecule has 4 aromatic rings. The molecule has 1 saturated heterocycles. The normalized spacial score (nSPS) is 19.9. The van der Waals surface area contributed by atoms with Crippen molar-refractivity contribution in [2.45, 2.75) is 25.1 Å². The van der Waals surface area contributed by atoms with E-state index >= 15 is 0 Å². The maximum atomic E-state index is 12.4. The first-order chi connectivity index (χ1) is 16.9. The van der Waals surface area contributed by atoms with Crippen LogP contribution in [0.2, 0.25) is 0 Å². The Morgan fingerprint density at radius 2 is 1.91 bits per heavy atom. The van der Waals surface area contributed by atoms with Crippen LogP contribution < -0.4 is 10.6 Å². The van der Waals surface area contributed by atoms with Crippen molar-refractivity contribution in [1.29, 1.82) is 0 Å². The molecule has 35 heavy (non-hydrogen) atoms. The molecule has 0 saturated carbocycles. The van der Waals surface area contributed by atoms with E-state index in [9.17, 15) is 9.90 Å². The maximum absolute atomic E-state index is 12.4. The van der Waals surface area contributed by atoms with Gasteiger partial charge in [-0.15, -0.1) is 0 Å². The van der Waals surface area contributed by atoms with Crippen LogP contribution in [0.15, 0.2) is 53.2 Å². The number of hydrogen-bond donors (Lipinski definition) is 2. The number of likely N-dealkylation sites (N-methyl/N-ethyl adjacent to an activating group) is 1. The molecule has 6 rings (SSSR count). The van der Waals surface area contributed by atoms with Crippen molar-refractivity contribution in [1.82, 2.24) is 29.8 Å². The number of nitrogen functional groups attached to an aromatic ring is 1. The van der Waals surface area contributed by atoms with Gasteiger partial charge in [0.25, 0.3) is 5.91 Å². The van der Waals surface area contributed by atoms with Crippen molar-refractivity contribution in [2.75, 3.05) is 30.8 Å². The lowest BCUT2D eigenvalue weighted by atomic mass is 9.98. The van der Waals surface area contributed by atoms with E-state index < -0.39 is 5.60 Å². The molecule has 1 amide bonds. The van der Waals surface area contributed by atoms with Gasteiger partial charge in [0.15, 0.2) is 5.76 Å². The van der Waals surface area contributed by atoms with Crippen LogP contribution in [0.1, 0.15) is 17.9 Å². The second-order valence-electron chi connectivity index (χ2n) is 8.94. The van der Waals surface area contributed by atoms with E-state index in [0.717, 1.165) is 35.6 Å². The van der Waals surface area contributed by atoms with Gasteiger partial charge < -0.3 is 25.2 Å². The van der Waals surface area contributed by atoms with Gasteiger partial charge in [-0.1, -0.05) is 23.4 Å². The van der Waals surface area contributed by atoms with Crippen LogP contribution >= 0.6 is 0 Å². The summed E-state index contributed by atoms with van der Waals surface area (Å²) in [5.74, 6) is 0.919. The number of fused-ring (bicyclic) bond motifs is 1. The van der Waals surface area contributed by atoms with Gasteiger partial charge in [0, 0.05) is 56.0 Å². The standard InChI is InChI=1S/C24H24N8O3/c1-30-8-6-24(34,22(30)33)20-13-19(29-35-20)16-4-2-3-15(11-16)18-5-7-26-23(27-18)31-9-10-32-17(14-31)12-21(25)28-32/h2-5,7,11-13,34H,6,8-10,14H2,1H3,(H2,25,28). The quantitative estimate of drug-likeness (QED) is 0.454. The minimum Gasteiger partial charge on any atom is -0.382 e. The minimum atomic E-state index is -1.67. The number of likely N-dealkylation sites (tertiary alicyclic amines) is 1.